The molecule has 2 heterocycles. The number of aliphatic carboxylic acids is 1. The molecule has 0 amide bonds. The van der Waals surface area contributed by atoms with Crippen LogP contribution in [0.15, 0.2) is 47.5 Å². The number of ether oxygens (including phenoxy) is 2. The highest BCUT2D eigenvalue weighted by molar-refractivity contribution is 7.93. The zero-order chi connectivity index (χ0) is 29.9. The van der Waals surface area contributed by atoms with E-state index in [2.05, 4.69) is 5.10 Å². The molecule has 0 fully saturated rings. The van der Waals surface area contributed by atoms with Gasteiger partial charge >= 0.3 is 5.97 Å². The summed E-state index contributed by atoms with van der Waals surface area (Å²) in [5, 5.41) is 22.9. The van der Waals surface area contributed by atoms with Gasteiger partial charge in [0.05, 0.1) is 23.9 Å². The monoisotopic (exact) mass is 607 g/mol. The fourth-order valence-corrected chi connectivity index (χ4v) is 6.31. The van der Waals surface area contributed by atoms with Gasteiger partial charge in [0, 0.05) is 24.2 Å². The molecule has 3 aromatic rings. The Morgan fingerprint density at radius 1 is 1.32 bits per heavy atom. The van der Waals surface area contributed by atoms with Crippen LogP contribution in [0.25, 0.3) is 11.6 Å². The van der Waals surface area contributed by atoms with Crippen molar-refractivity contribution in [1.82, 2.24) is 9.78 Å². The molecule has 13 heteroatoms. The Hall–Kier alpha value is -3.61. The lowest BCUT2D eigenvalue weighted by Gasteiger charge is -2.35. The van der Waals surface area contributed by atoms with Crippen LogP contribution in [0.5, 0.6) is 11.6 Å². The summed E-state index contributed by atoms with van der Waals surface area (Å²) >= 11 is 6.23. The number of halogens is 2. The van der Waals surface area contributed by atoms with E-state index in [0.717, 1.165) is 4.31 Å². The number of carboxylic acids is 1. The number of benzene rings is 2. The summed E-state index contributed by atoms with van der Waals surface area (Å²) in [6.07, 6.45) is 2.16. The zero-order valence-electron chi connectivity index (χ0n) is 22.8. The Balaban J connectivity index is 1.81. The van der Waals surface area contributed by atoms with Crippen molar-refractivity contribution < 1.29 is 37.3 Å². The van der Waals surface area contributed by atoms with E-state index >= 15 is 0 Å². The Kier molecular flexibility index (Phi) is 9.25. The smallest absolute Gasteiger partial charge is 0.303 e. The van der Waals surface area contributed by atoms with Crippen molar-refractivity contribution in [2.45, 2.75) is 50.7 Å². The van der Waals surface area contributed by atoms with Gasteiger partial charge in [-0.2, -0.15) is 0 Å². The van der Waals surface area contributed by atoms with E-state index < -0.39 is 27.9 Å². The van der Waals surface area contributed by atoms with E-state index in [1.165, 1.54) is 23.0 Å². The zero-order valence-corrected chi connectivity index (χ0v) is 24.3. The van der Waals surface area contributed by atoms with Crippen LogP contribution in [0.3, 0.4) is 0 Å². The number of aliphatic hydroxyl groups excluding tert-OH is 1. The van der Waals surface area contributed by atoms with E-state index in [1.807, 2.05) is 13.8 Å². The lowest BCUT2D eigenvalue weighted by Crippen LogP contribution is -2.43. The second kappa shape index (κ2) is 12.5. The predicted molar refractivity (Wildman–Crippen MR) is 152 cm³/mol. The molecule has 2 N–H and O–H groups in total. The van der Waals surface area contributed by atoms with Gasteiger partial charge in [-0.15, -0.1) is 5.10 Å². The number of aromatic nitrogens is 2. The van der Waals surface area contributed by atoms with Gasteiger partial charge in [0.15, 0.2) is 4.90 Å². The van der Waals surface area contributed by atoms with Crippen molar-refractivity contribution >= 4 is 44.9 Å². The van der Waals surface area contributed by atoms with Crippen molar-refractivity contribution in [2.75, 3.05) is 24.1 Å². The molecule has 0 saturated heterocycles. The molecule has 2 aromatic carbocycles. The van der Waals surface area contributed by atoms with E-state index in [1.54, 1.807) is 37.3 Å². The lowest BCUT2D eigenvalue weighted by molar-refractivity contribution is -0.137. The van der Waals surface area contributed by atoms with Gasteiger partial charge in [0.2, 0.25) is 0 Å². The molecule has 1 aliphatic heterocycles. The minimum absolute atomic E-state index is 0.0759. The van der Waals surface area contributed by atoms with Crippen molar-refractivity contribution in [3.05, 3.63) is 64.6 Å². The number of carboxylic acid groups (broad SMARTS) is 1. The number of fused-ring (bicyclic) bond motifs is 1. The van der Waals surface area contributed by atoms with E-state index in [-0.39, 0.29) is 71.4 Å². The number of aliphatic hydroxyl groups is 1. The standard InChI is InChI=1S/C28H31ClFN3O7S/c1-17(2)32-16-25(28(31-32)39-12-11-34)41(37,38)33-15-20(8-10-26(35)36)40-24-9-7-19(14-23(24)33)13-18(3)27-21(29)5-4-6-22(27)30/h4-7,9,13-14,16-17,20,34H,8,10-12,15H2,1-3H3,(H,35,36)/b18-13+/t20-/m0/s1. The third-order valence-corrected chi connectivity index (χ3v) is 8.51. The maximum absolute atomic E-state index is 14.5. The molecule has 0 bridgehead atoms. The van der Waals surface area contributed by atoms with Gasteiger partial charge in [-0.25, -0.2) is 12.8 Å². The SMILES string of the molecule is C/C(=C\c1ccc2c(c1)N(S(=O)(=O)c1cn(C(C)C)nc1OCCO)C[C@H](CCC(=O)O)O2)c1c(F)cccc1Cl. The fraction of sp³-hybridized carbons (Fsp3) is 0.357. The summed E-state index contributed by atoms with van der Waals surface area (Å²) in [7, 11) is -4.32. The Morgan fingerprint density at radius 2 is 2.07 bits per heavy atom. The van der Waals surface area contributed by atoms with E-state index in [0.29, 0.717) is 11.1 Å². The maximum atomic E-state index is 14.5. The summed E-state index contributed by atoms with van der Waals surface area (Å²) in [5.41, 5.74) is 1.52. The largest absolute Gasteiger partial charge is 0.486 e. The summed E-state index contributed by atoms with van der Waals surface area (Å²) in [6.45, 7) is 4.68. The van der Waals surface area contributed by atoms with Crippen LogP contribution in [-0.2, 0) is 14.8 Å². The number of nitrogens with zero attached hydrogens (tertiary/aromatic N) is 3. The van der Waals surface area contributed by atoms with Crippen LogP contribution in [0.2, 0.25) is 5.02 Å². The molecule has 0 aliphatic carbocycles. The third kappa shape index (κ3) is 6.66. The molecule has 0 unspecified atom stereocenters. The Bertz CT molecular complexity index is 1550. The topological polar surface area (TPSA) is 131 Å². The van der Waals surface area contributed by atoms with Crippen LogP contribution < -0.4 is 13.8 Å². The number of hydrogen-bond donors (Lipinski definition) is 2. The number of rotatable bonds is 11. The van der Waals surface area contributed by atoms with Gasteiger partial charge < -0.3 is 19.7 Å². The molecule has 220 valence electrons. The summed E-state index contributed by atoms with van der Waals surface area (Å²) in [5.74, 6) is -1.45. The molecule has 10 nitrogen and oxygen atoms in total. The molecule has 4 rings (SSSR count). The van der Waals surface area contributed by atoms with Crippen molar-refractivity contribution in [3.63, 3.8) is 0 Å². The predicted octanol–water partition coefficient (Wildman–Crippen LogP) is 5.01. The quantitative estimate of drug-likeness (QED) is 0.291. The number of allylic oxidation sites excluding steroid dienone is 1. The first-order chi connectivity index (χ1) is 19.4. The molecular formula is C28H31ClFN3O7S. The molecule has 1 atom stereocenters. The molecule has 0 spiro atoms. The minimum atomic E-state index is -4.32. The molecule has 0 radical (unpaired) electrons. The lowest BCUT2D eigenvalue weighted by atomic mass is 10.0. The summed E-state index contributed by atoms with van der Waals surface area (Å²) in [4.78, 5) is 11.0. The van der Waals surface area contributed by atoms with Crippen LogP contribution in [0.4, 0.5) is 10.1 Å². The first-order valence-corrected chi connectivity index (χ1v) is 14.7. The van der Waals surface area contributed by atoms with E-state index in [4.69, 9.17) is 21.1 Å². The van der Waals surface area contributed by atoms with E-state index in [9.17, 15) is 27.8 Å². The first kappa shape index (κ1) is 30.4. The maximum Gasteiger partial charge on any atom is 0.303 e. The molecule has 0 saturated carbocycles. The number of hydrogen-bond acceptors (Lipinski definition) is 7. The van der Waals surface area contributed by atoms with Crippen LogP contribution in [0, 0.1) is 5.82 Å². The summed E-state index contributed by atoms with van der Waals surface area (Å²) < 4.78 is 57.0. The highest BCUT2D eigenvalue weighted by Gasteiger charge is 2.38. The van der Waals surface area contributed by atoms with Gasteiger partial charge in [0.25, 0.3) is 15.9 Å². The molecule has 41 heavy (non-hydrogen) atoms. The minimum Gasteiger partial charge on any atom is -0.486 e. The summed E-state index contributed by atoms with van der Waals surface area (Å²) in [6, 6.07) is 9.09. The van der Waals surface area contributed by atoms with Gasteiger partial charge in [-0.1, -0.05) is 29.8 Å². The van der Waals surface area contributed by atoms with Gasteiger partial charge in [-0.3, -0.25) is 13.8 Å². The van der Waals surface area contributed by atoms with Crippen molar-refractivity contribution in [1.29, 1.82) is 0 Å². The van der Waals surface area contributed by atoms with Crippen LogP contribution in [-0.4, -0.2) is 60.2 Å². The van der Waals surface area contributed by atoms with Gasteiger partial charge in [0.1, 0.15) is 24.3 Å². The highest BCUT2D eigenvalue weighted by atomic mass is 35.5. The van der Waals surface area contributed by atoms with Crippen LogP contribution in [0.1, 0.15) is 50.8 Å². The number of sulfonamides is 1. The highest BCUT2D eigenvalue weighted by Crippen LogP contribution is 2.41. The average molecular weight is 608 g/mol. The molecule has 1 aliphatic rings. The molecule has 1 aromatic heterocycles. The van der Waals surface area contributed by atoms with Crippen LogP contribution >= 0.6 is 11.6 Å². The van der Waals surface area contributed by atoms with Crippen molar-refractivity contribution in [3.8, 4) is 11.6 Å². The Morgan fingerprint density at radius 3 is 2.73 bits per heavy atom. The molecular weight excluding hydrogens is 577 g/mol. The normalized spacial score (nSPS) is 15.5. The Labute approximate surface area is 242 Å². The van der Waals surface area contributed by atoms with Gasteiger partial charge in [-0.05, 0) is 62.6 Å². The second-order valence-electron chi connectivity index (χ2n) is 9.80. The number of anilines is 1. The first-order valence-electron chi connectivity index (χ1n) is 12.9. The second-order valence-corrected chi connectivity index (χ2v) is 12.0. The van der Waals surface area contributed by atoms with Crippen molar-refractivity contribution in [2.24, 2.45) is 0 Å². The number of carbonyl (C=O) groups is 1. The fourth-order valence-electron chi connectivity index (χ4n) is 4.44. The average Bonchev–Trinajstić information content (AvgIpc) is 3.36. The third-order valence-electron chi connectivity index (χ3n) is 6.43.